The van der Waals surface area contributed by atoms with Gasteiger partial charge < -0.3 is 4.74 Å². The summed E-state index contributed by atoms with van der Waals surface area (Å²) in [5.74, 6) is 0.242. The molecule has 0 spiro atoms. The van der Waals surface area contributed by atoms with Crippen LogP contribution in [0.5, 0.6) is 5.75 Å². The van der Waals surface area contributed by atoms with Gasteiger partial charge in [0.1, 0.15) is 11.7 Å². The predicted octanol–water partition coefficient (Wildman–Crippen LogP) is 5.41. The molecule has 2 nitrogen and oxygen atoms in total. The van der Waals surface area contributed by atoms with Gasteiger partial charge in [-0.05, 0) is 36.6 Å². The third-order valence-electron chi connectivity index (χ3n) is 3.51. The highest BCUT2D eigenvalue weighted by Crippen LogP contribution is 2.40. The molecule has 118 valence electrons. The van der Waals surface area contributed by atoms with Gasteiger partial charge in [0, 0.05) is 5.56 Å². The summed E-state index contributed by atoms with van der Waals surface area (Å²) in [4.78, 5) is 12.1. The second kappa shape index (κ2) is 8.38. The number of fused-ring (bicyclic) bond motifs is 1. The van der Waals surface area contributed by atoms with Gasteiger partial charge in [0.2, 0.25) is 0 Å². The van der Waals surface area contributed by atoms with E-state index in [1.807, 2.05) is 84.0 Å². The molecule has 0 radical (unpaired) electrons. The minimum atomic E-state index is -0.276. The molecule has 0 aliphatic carbocycles. The lowest BCUT2D eigenvalue weighted by Crippen LogP contribution is -2.14. The lowest BCUT2D eigenvalue weighted by atomic mass is 9.86. The van der Waals surface area contributed by atoms with E-state index in [1.165, 1.54) is 0 Å². The van der Waals surface area contributed by atoms with E-state index in [0.717, 1.165) is 22.3 Å². The van der Waals surface area contributed by atoms with Gasteiger partial charge in [0.05, 0.1) is 0 Å². The fourth-order valence-electron chi connectivity index (χ4n) is 2.66. The number of rotatable bonds is 1. The third kappa shape index (κ3) is 3.38. The number of ether oxygens (including phenoxy) is 1. The fraction of sp³-hybridized carbons (Fsp3) is 0.350. The SMILES string of the molecule is CC.CC.Cc1cccc(C)c1C1C(=O)Oc2ccccc21. The van der Waals surface area contributed by atoms with Gasteiger partial charge in [0.15, 0.2) is 0 Å². The van der Waals surface area contributed by atoms with Gasteiger partial charge in [-0.15, -0.1) is 0 Å². The monoisotopic (exact) mass is 298 g/mol. The Kier molecular flexibility index (Phi) is 6.84. The summed E-state index contributed by atoms with van der Waals surface area (Å²) in [7, 11) is 0. The number of carbonyl (C=O) groups is 1. The van der Waals surface area contributed by atoms with E-state index >= 15 is 0 Å². The van der Waals surface area contributed by atoms with Crippen LogP contribution in [0.25, 0.3) is 0 Å². The maximum Gasteiger partial charge on any atom is 0.323 e. The molecule has 0 amide bonds. The number of benzene rings is 2. The van der Waals surface area contributed by atoms with Crippen LogP contribution < -0.4 is 4.74 Å². The van der Waals surface area contributed by atoms with Crippen molar-refractivity contribution in [3.8, 4) is 5.75 Å². The lowest BCUT2D eigenvalue weighted by molar-refractivity contribution is -0.133. The molecular weight excluding hydrogens is 272 g/mol. The first-order chi connectivity index (χ1) is 10.7. The minimum absolute atomic E-state index is 0.173. The van der Waals surface area contributed by atoms with Crippen LogP contribution in [0.1, 0.15) is 55.9 Å². The van der Waals surface area contributed by atoms with E-state index in [2.05, 4.69) is 0 Å². The molecule has 3 rings (SSSR count). The van der Waals surface area contributed by atoms with Crippen LogP contribution in [-0.2, 0) is 4.79 Å². The van der Waals surface area contributed by atoms with E-state index in [-0.39, 0.29) is 11.9 Å². The van der Waals surface area contributed by atoms with Crippen molar-refractivity contribution in [1.82, 2.24) is 0 Å². The minimum Gasteiger partial charge on any atom is -0.425 e. The van der Waals surface area contributed by atoms with Gasteiger partial charge >= 0.3 is 5.97 Å². The van der Waals surface area contributed by atoms with Crippen LogP contribution in [0.2, 0.25) is 0 Å². The van der Waals surface area contributed by atoms with Crippen molar-refractivity contribution in [2.45, 2.75) is 47.5 Å². The number of hydrogen-bond acceptors (Lipinski definition) is 2. The van der Waals surface area contributed by atoms with Crippen molar-refractivity contribution >= 4 is 5.97 Å². The Morgan fingerprint density at radius 2 is 1.36 bits per heavy atom. The first kappa shape index (κ1) is 18.0. The number of carbonyl (C=O) groups excluding carboxylic acids is 1. The number of aryl methyl sites for hydroxylation is 2. The van der Waals surface area contributed by atoms with Gasteiger partial charge in [0.25, 0.3) is 0 Å². The molecule has 2 heteroatoms. The molecule has 2 aromatic carbocycles. The van der Waals surface area contributed by atoms with Crippen molar-refractivity contribution < 1.29 is 9.53 Å². The zero-order valence-corrected chi connectivity index (χ0v) is 14.4. The Hall–Kier alpha value is -2.09. The third-order valence-corrected chi connectivity index (χ3v) is 3.51. The number of esters is 1. The molecule has 22 heavy (non-hydrogen) atoms. The number of para-hydroxylation sites is 1. The standard InChI is InChI=1S/C16H14O2.2C2H6/c1-10-6-5-7-11(2)14(10)15-12-8-3-4-9-13(12)18-16(15)17;2*1-2/h3-9,15H,1-2H3;2*1-2H3. The molecule has 0 bridgehead atoms. The normalized spacial score (nSPS) is 14.8. The Labute approximate surface area is 134 Å². The average Bonchev–Trinajstić information content (AvgIpc) is 2.88. The molecule has 0 fully saturated rings. The largest absolute Gasteiger partial charge is 0.425 e. The Balaban J connectivity index is 0.000000561. The van der Waals surface area contributed by atoms with Crippen LogP contribution in [-0.4, -0.2) is 5.97 Å². The lowest BCUT2D eigenvalue weighted by Gasteiger charge is -2.14. The smallest absolute Gasteiger partial charge is 0.323 e. The van der Waals surface area contributed by atoms with Crippen LogP contribution in [0.4, 0.5) is 0 Å². The molecular formula is C20H26O2. The van der Waals surface area contributed by atoms with E-state index in [4.69, 9.17) is 4.74 Å². The predicted molar refractivity (Wildman–Crippen MR) is 92.5 cm³/mol. The van der Waals surface area contributed by atoms with Crippen molar-refractivity contribution in [2.24, 2.45) is 0 Å². The second-order valence-electron chi connectivity index (χ2n) is 4.70. The highest BCUT2D eigenvalue weighted by atomic mass is 16.5. The van der Waals surface area contributed by atoms with Crippen LogP contribution >= 0.6 is 0 Å². The van der Waals surface area contributed by atoms with E-state index in [0.29, 0.717) is 5.75 Å². The number of hydrogen-bond donors (Lipinski definition) is 0. The zero-order chi connectivity index (χ0) is 16.7. The van der Waals surface area contributed by atoms with Crippen molar-refractivity contribution in [1.29, 1.82) is 0 Å². The summed E-state index contributed by atoms with van der Waals surface area (Å²) in [5.41, 5.74) is 4.31. The van der Waals surface area contributed by atoms with Gasteiger partial charge in [-0.3, -0.25) is 4.79 Å². The highest BCUT2D eigenvalue weighted by molar-refractivity contribution is 5.90. The second-order valence-corrected chi connectivity index (χ2v) is 4.70. The summed E-state index contributed by atoms with van der Waals surface area (Å²) >= 11 is 0. The highest BCUT2D eigenvalue weighted by Gasteiger charge is 2.35. The summed E-state index contributed by atoms with van der Waals surface area (Å²) < 4.78 is 5.34. The molecule has 1 aliphatic heterocycles. The van der Waals surface area contributed by atoms with Gasteiger partial charge in [-0.25, -0.2) is 0 Å². The first-order valence-electron chi connectivity index (χ1n) is 8.05. The topological polar surface area (TPSA) is 26.3 Å². The van der Waals surface area contributed by atoms with E-state index in [1.54, 1.807) is 0 Å². The Morgan fingerprint density at radius 1 is 0.818 bits per heavy atom. The maximum atomic E-state index is 12.1. The van der Waals surface area contributed by atoms with Crippen LogP contribution in [0.15, 0.2) is 42.5 Å². The molecule has 0 aromatic heterocycles. The van der Waals surface area contributed by atoms with Crippen LogP contribution in [0, 0.1) is 13.8 Å². The van der Waals surface area contributed by atoms with Crippen molar-refractivity contribution in [3.05, 3.63) is 64.7 Å². The Bertz CT molecular complexity index is 609. The summed E-state index contributed by atoms with van der Waals surface area (Å²) in [6, 6.07) is 13.7. The van der Waals surface area contributed by atoms with E-state index in [9.17, 15) is 4.79 Å². The van der Waals surface area contributed by atoms with Crippen molar-refractivity contribution in [3.63, 3.8) is 0 Å². The quantitative estimate of drug-likeness (QED) is 0.520. The molecule has 1 aliphatic rings. The molecule has 2 aromatic rings. The molecule has 0 saturated carbocycles. The maximum absolute atomic E-state index is 12.1. The summed E-state index contributed by atoms with van der Waals surface area (Å²) in [6.07, 6.45) is 0. The fourth-order valence-corrected chi connectivity index (χ4v) is 2.66. The van der Waals surface area contributed by atoms with Crippen LogP contribution in [0.3, 0.4) is 0 Å². The molecule has 0 N–H and O–H groups in total. The molecule has 1 heterocycles. The zero-order valence-electron chi connectivity index (χ0n) is 14.4. The van der Waals surface area contributed by atoms with E-state index < -0.39 is 0 Å². The van der Waals surface area contributed by atoms with Gasteiger partial charge in [-0.2, -0.15) is 0 Å². The molecule has 1 unspecified atom stereocenters. The molecule has 0 saturated heterocycles. The Morgan fingerprint density at radius 3 is 1.95 bits per heavy atom. The average molecular weight is 298 g/mol. The summed E-state index contributed by atoms with van der Waals surface area (Å²) in [6.45, 7) is 12.1. The molecule has 1 atom stereocenters. The van der Waals surface area contributed by atoms with Crippen molar-refractivity contribution in [2.75, 3.05) is 0 Å². The first-order valence-corrected chi connectivity index (χ1v) is 8.05. The summed E-state index contributed by atoms with van der Waals surface area (Å²) in [5, 5.41) is 0. The van der Waals surface area contributed by atoms with Gasteiger partial charge in [-0.1, -0.05) is 64.1 Å².